The number of carbonyl (C=O) groups excluding carboxylic acids is 1. The Bertz CT molecular complexity index is 484. The van der Waals surface area contributed by atoms with Crippen LogP contribution in [0.15, 0.2) is 4.42 Å². The van der Waals surface area contributed by atoms with E-state index in [0.29, 0.717) is 24.9 Å². The maximum atomic E-state index is 11.8. The first kappa shape index (κ1) is 14.4. The molecule has 8 heteroatoms. The minimum absolute atomic E-state index is 0.00745. The van der Waals surface area contributed by atoms with Crippen LogP contribution in [-0.2, 0) is 9.59 Å². The largest absolute Gasteiger partial charge is 0.481 e. The zero-order valence-electron chi connectivity index (χ0n) is 11.3. The lowest BCUT2D eigenvalue weighted by atomic mass is 10.3. The maximum Gasteiger partial charge on any atom is 0.322 e. The Labute approximate surface area is 116 Å². The van der Waals surface area contributed by atoms with Crippen LogP contribution in [0.25, 0.3) is 0 Å². The molecule has 0 radical (unpaired) electrons. The summed E-state index contributed by atoms with van der Waals surface area (Å²) < 4.78 is 5.32. The van der Waals surface area contributed by atoms with E-state index in [1.165, 1.54) is 0 Å². The van der Waals surface area contributed by atoms with Gasteiger partial charge in [-0.2, -0.15) is 0 Å². The Morgan fingerprint density at radius 3 is 2.80 bits per heavy atom. The molecule has 2 N–H and O–H groups in total. The highest BCUT2D eigenvalue weighted by atomic mass is 16.4. The van der Waals surface area contributed by atoms with E-state index in [0.717, 1.165) is 12.8 Å². The van der Waals surface area contributed by atoms with E-state index in [4.69, 9.17) is 9.52 Å². The van der Waals surface area contributed by atoms with Gasteiger partial charge in [-0.25, -0.2) is 0 Å². The van der Waals surface area contributed by atoms with E-state index in [-0.39, 0.29) is 24.9 Å². The van der Waals surface area contributed by atoms with E-state index in [1.807, 2.05) is 6.92 Å². The standard InChI is InChI=1S/C12H18N4O4/c1-2-16(6-5-10(18)19)7-9(17)13-12-15-14-11(20-12)8-3-4-8/h8H,2-7H2,1H3,(H,18,19)(H,13,15,17). The van der Waals surface area contributed by atoms with Gasteiger partial charge >= 0.3 is 12.0 Å². The molecule has 2 rings (SSSR count). The van der Waals surface area contributed by atoms with Gasteiger partial charge in [-0.1, -0.05) is 12.0 Å². The Morgan fingerprint density at radius 1 is 1.45 bits per heavy atom. The summed E-state index contributed by atoms with van der Waals surface area (Å²) in [4.78, 5) is 24.0. The van der Waals surface area contributed by atoms with Gasteiger partial charge in [0.1, 0.15) is 0 Å². The smallest absolute Gasteiger partial charge is 0.322 e. The van der Waals surface area contributed by atoms with E-state index in [9.17, 15) is 9.59 Å². The Morgan fingerprint density at radius 2 is 2.20 bits per heavy atom. The van der Waals surface area contributed by atoms with Crippen molar-refractivity contribution in [3.63, 3.8) is 0 Å². The minimum Gasteiger partial charge on any atom is -0.481 e. The summed E-state index contributed by atoms with van der Waals surface area (Å²) in [6.07, 6.45) is 2.11. The van der Waals surface area contributed by atoms with Crippen LogP contribution < -0.4 is 5.32 Å². The van der Waals surface area contributed by atoms with E-state index < -0.39 is 5.97 Å². The molecule has 1 saturated carbocycles. The Hall–Kier alpha value is -1.96. The predicted molar refractivity (Wildman–Crippen MR) is 69.3 cm³/mol. The molecule has 1 aliphatic rings. The third kappa shape index (κ3) is 4.30. The van der Waals surface area contributed by atoms with E-state index >= 15 is 0 Å². The third-order valence-electron chi connectivity index (χ3n) is 3.07. The molecule has 1 amide bonds. The number of likely N-dealkylation sites (N-methyl/N-ethyl adjacent to an activating group) is 1. The van der Waals surface area contributed by atoms with Gasteiger partial charge in [0.2, 0.25) is 11.8 Å². The molecule has 20 heavy (non-hydrogen) atoms. The van der Waals surface area contributed by atoms with Crippen LogP contribution in [0.1, 0.15) is 38.0 Å². The molecule has 0 aliphatic heterocycles. The van der Waals surface area contributed by atoms with Gasteiger partial charge in [0.15, 0.2) is 0 Å². The van der Waals surface area contributed by atoms with Crippen molar-refractivity contribution >= 4 is 17.9 Å². The van der Waals surface area contributed by atoms with Crippen LogP contribution in [0.4, 0.5) is 6.01 Å². The zero-order valence-corrected chi connectivity index (χ0v) is 11.3. The monoisotopic (exact) mass is 282 g/mol. The number of carbonyl (C=O) groups is 2. The summed E-state index contributed by atoms with van der Waals surface area (Å²) in [5, 5.41) is 18.8. The van der Waals surface area contributed by atoms with Crippen molar-refractivity contribution in [3.8, 4) is 0 Å². The SMILES string of the molecule is CCN(CCC(=O)O)CC(=O)Nc1nnc(C2CC2)o1. The molecule has 1 aromatic heterocycles. The Balaban J connectivity index is 1.78. The fraction of sp³-hybridized carbons (Fsp3) is 0.667. The molecule has 1 heterocycles. The highest BCUT2D eigenvalue weighted by Gasteiger charge is 2.29. The van der Waals surface area contributed by atoms with Crippen molar-refractivity contribution in [2.45, 2.75) is 32.1 Å². The van der Waals surface area contributed by atoms with Crippen molar-refractivity contribution in [1.29, 1.82) is 0 Å². The van der Waals surface area contributed by atoms with Crippen LogP contribution in [0.5, 0.6) is 0 Å². The second kappa shape index (κ2) is 6.47. The average molecular weight is 282 g/mol. The lowest BCUT2D eigenvalue weighted by Gasteiger charge is -2.17. The number of hydrogen-bond acceptors (Lipinski definition) is 6. The highest BCUT2D eigenvalue weighted by Crippen LogP contribution is 2.39. The van der Waals surface area contributed by atoms with Gasteiger partial charge < -0.3 is 9.52 Å². The molecule has 1 aliphatic carbocycles. The summed E-state index contributed by atoms with van der Waals surface area (Å²) in [6.45, 7) is 2.90. The first-order valence-corrected chi connectivity index (χ1v) is 6.66. The first-order chi connectivity index (χ1) is 9.58. The van der Waals surface area contributed by atoms with Gasteiger partial charge in [-0.3, -0.25) is 19.8 Å². The van der Waals surface area contributed by atoms with E-state index in [2.05, 4.69) is 15.5 Å². The highest BCUT2D eigenvalue weighted by molar-refractivity contribution is 5.90. The molecule has 0 atom stereocenters. The average Bonchev–Trinajstić information content (AvgIpc) is 3.15. The summed E-state index contributed by atoms with van der Waals surface area (Å²) >= 11 is 0. The number of amides is 1. The van der Waals surface area contributed by atoms with Gasteiger partial charge in [0.25, 0.3) is 0 Å². The van der Waals surface area contributed by atoms with Crippen LogP contribution in [0.3, 0.4) is 0 Å². The molecule has 110 valence electrons. The fourth-order valence-electron chi connectivity index (χ4n) is 1.74. The van der Waals surface area contributed by atoms with Crippen molar-refractivity contribution in [2.24, 2.45) is 0 Å². The van der Waals surface area contributed by atoms with E-state index in [1.54, 1.807) is 4.90 Å². The van der Waals surface area contributed by atoms with Gasteiger partial charge in [0, 0.05) is 12.5 Å². The van der Waals surface area contributed by atoms with Crippen molar-refractivity contribution in [1.82, 2.24) is 15.1 Å². The molecular formula is C12H18N4O4. The van der Waals surface area contributed by atoms with Crippen molar-refractivity contribution < 1.29 is 19.1 Å². The molecule has 0 bridgehead atoms. The van der Waals surface area contributed by atoms with Crippen LogP contribution in [0.2, 0.25) is 0 Å². The molecule has 0 unspecified atom stereocenters. The van der Waals surface area contributed by atoms with Gasteiger partial charge in [0.05, 0.1) is 13.0 Å². The first-order valence-electron chi connectivity index (χ1n) is 6.66. The molecule has 0 saturated heterocycles. The summed E-state index contributed by atoms with van der Waals surface area (Å²) in [6, 6.07) is 0.103. The zero-order chi connectivity index (χ0) is 14.5. The number of carboxylic acids is 1. The minimum atomic E-state index is -0.880. The second-order valence-corrected chi connectivity index (χ2v) is 4.78. The molecule has 0 spiro atoms. The quantitative estimate of drug-likeness (QED) is 0.721. The van der Waals surface area contributed by atoms with Crippen LogP contribution in [0, 0.1) is 0 Å². The second-order valence-electron chi connectivity index (χ2n) is 4.78. The number of aliphatic carboxylic acids is 1. The summed E-state index contributed by atoms with van der Waals surface area (Å²) in [5.74, 6) is -0.257. The van der Waals surface area contributed by atoms with Crippen LogP contribution in [-0.4, -0.2) is 51.7 Å². The molecule has 0 aromatic carbocycles. The number of rotatable bonds is 8. The predicted octanol–water partition coefficient (Wildman–Crippen LogP) is 0.682. The van der Waals surface area contributed by atoms with Gasteiger partial charge in [-0.05, 0) is 19.4 Å². The van der Waals surface area contributed by atoms with Crippen LogP contribution >= 0.6 is 0 Å². The Kier molecular flexibility index (Phi) is 4.67. The topological polar surface area (TPSA) is 109 Å². The molecule has 1 fully saturated rings. The summed E-state index contributed by atoms with van der Waals surface area (Å²) in [5.41, 5.74) is 0. The number of anilines is 1. The molecular weight excluding hydrogens is 264 g/mol. The third-order valence-corrected chi connectivity index (χ3v) is 3.07. The van der Waals surface area contributed by atoms with Crippen molar-refractivity contribution in [3.05, 3.63) is 5.89 Å². The fourth-order valence-corrected chi connectivity index (χ4v) is 1.74. The maximum absolute atomic E-state index is 11.8. The number of carboxylic acid groups (broad SMARTS) is 1. The number of nitrogens with one attached hydrogen (secondary N) is 1. The lowest BCUT2D eigenvalue weighted by Crippen LogP contribution is -2.34. The number of hydrogen-bond donors (Lipinski definition) is 2. The number of aromatic nitrogens is 2. The lowest BCUT2D eigenvalue weighted by molar-refractivity contribution is -0.137. The van der Waals surface area contributed by atoms with Crippen molar-refractivity contribution in [2.75, 3.05) is 25.0 Å². The normalized spacial score (nSPS) is 14.5. The van der Waals surface area contributed by atoms with Gasteiger partial charge in [-0.15, -0.1) is 5.10 Å². The summed E-state index contributed by atoms with van der Waals surface area (Å²) in [7, 11) is 0. The molecule has 1 aromatic rings. The number of nitrogens with zero attached hydrogens (tertiary/aromatic N) is 3. The molecule has 8 nitrogen and oxygen atoms in total.